The number of aryl methyl sites for hydroxylation is 2. The molecule has 0 aliphatic rings. The third kappa shape index (κ3) is 3.28. The number of hydrogen-bond acceptors (Lipinski definition) is 5. The van der Waals surface area contributed by atoms with Gasteiger partial charge in [0.2, 0.25) is 0 Å². The Bertz CT molecular complexity index is 901. The molecule has 3 aromatic rings. The lowest BCUT2D eigenvalue weighted by molar-refractivity contribution is 0.0908. The minimum absolute atomic E-state index is 0.100. The SMILES string of the molecule is Cc1cccc(C)c1OC[C@H](O)Cn1cnc2ncccc2c1=O. The molecule has 0 saturated carbocycles. The molecule has 0 saturated heterocycles. The maximum absolute atomic E-state index is 12.4. The third-order valence-electron chi connectivity index (χ3n) is 3.83. The average molecular weight is 325 g/mol. The first-order valence-corrected chi connectivity index (χ1v) is 7.73. The summed E-state index contributed by atoms with van der Waals surface area (Å²) < 4.78 is 7.11. The van der Waals surface area contributed by atoms with E-state index in [1.54, 1.807) is 18.3 Å². The Morgan fingerprint density at radius 3 is 2.67 bits per heavy atom. The summed E-state index contributed by atoms with van der Waals surface area (Å²) >= 11 is 0. The van der Waals surface area contributed by atoms with Crippen LogP contribution < -0.4 is 10.3 Å². The van der Waals surface area contributed by atoms with Crippen LogP contribution in [-0.4, -0.2) is 32.4 Å². The molecular formula is C18H19N3O3. The Kier molecular flexibility index (Phi) is 4.57. The molecule has 1 aromatic carbocycles. The molecule has 1 atom stereocenters. The van der Waals surface area contributed by atoms with Crippen LogP contribution >= 0.6 is 0 Å². The normalized spacial score (nSPS) is 12.3. The minimum atomic E-state index is -0.822. The van der Waals surface area contributed by atoms with Crippen molar-refractivity contribution in [2.45, 2.75) is 26.5 Å². The Morgan fingerprint density at radius 2 is 1.92 bits per heavy atom. The third-order valence-corrected chi connectivity index (χ3v) is 3.83. The lowest BCUT2D eigenvalue weighted by Gasteiger charge is -2.16. The highest BCUT2D eigenvalue weighted by atomic mass is 16.5. The van der Waals surface area contributed by atoms with E-state index in [0.717, 1.165) is 16.9 Å². The molecule has 1 N–H and O–H groups in total. The number of fused-ring (bicyclic) bond motifs is 1. The molecule has 2 aromatic heterocycles. The molecular weight excluding hydrogens is 306 g/mol. The van der Waals surface area contributed by atoms with Gasteiger partial charge in [0.1, 0.15) is 24.8 Å². The van der Waals surface area contributed by atoms with Gasteiger partial charge in [-0.05, 0) is 37.1 Å². The van der Waals surface area contributed by atoms with Crippen molar-refractivity contribution in [2.75, 3.05) is 6.61 Å². The average Bonchev–Trinajstić information content (AvgIpc) is 2.57. The molecule has 0 bridgehead atoms. The highest BCUT2D eigenvalue weighted by molar-refractivity contribution is 5.72. The number of aliphatic hydroxyl groups excluding tert-OH is 1. The Hall–Kier alpha value is -2.73. The number of benzene rings is 1. The largest absolute Gasteiger partial charge is 0.490 e. The molecule has 0 radical (unpaired) electrons. The summed E-state index contributed by atoms with van der Waals surface area (Å²) in [6, 6.07) is 9.24. The fourth-order valence-electron chi connectivity index (χ4n) is 2.61. The van der Waals surface area contributed by atoms with E-state index in [9.17, 15) is 9.90 Å². The Morgan fingerprint density at radius 1 is 1.17 bits per heavy atom. The van der Waals surface area contributed by atoms with E-state index in [1.165, 1.54) is 10.9 Å². The van der Waals surface area contributed by atoms with Crippen molar-refractivity contribution in [1.82, 2.24) is 14.5 Å². The van der Waals surface area contributed by atoms with E-state index >= 15 is 0 Å². The number of pyridine rings is 1. The van der Waals surface area contributed by atoms with E-state index in [4.69, 9.17) is 4.74 Å². The van der Waals surface area contributed by atoms with Crippen LogP contribution in [0.3, 0.4) is 0 Å². The van der Waals surface area contributed by atoms with Crippen LogP contribution in [-0.2, 0) is 6.54 Å². The fraction of sp³-hybridized carbons (Fsp3) is 0.278. The van der Waals surface area contributed by atoms with Crippen LogP contribution in [0.2, 0.25) is 0 Å². The molecule has 0 aliphatic heterocycles. The molecule has 124 valence electrons. The van der Waals surface area contributed by atoms with Crippen LogP contribution in [0.25, 0.3) is 11.0 Å². The van der Waals surface area contributed by atoms with Crippen LogP contribution in [0.1, 0.15) is 11.1 Å². The maximum atomic E-state index is 12.4. The van der Waals surface area contributed by atoms with Crippen molar-refractivity contribution in [3.8, 4) is 5.75 Å². The van der Waals surface area contributed by atoms with E-state index in [1.807, 2.05) is 32.0 Å². The molecule has 0 amide bonds. The second kappa shape index (κ2) is 6.80. The topological polar surface area (TPSA) is 77.2 Å². The zero-order valence-corrected chi connectivity index (χ0v) is 13.6. The second-order valence-corrected chi connectivity index (χ2v) is 5.76. The fourth-order valence-corrected chi connectivity index (χ4v) is 2.61. The van der Waals surface area contributed by atoms with Crippen LogP contribution in [0.4, 0.5) is 0 Å². The molecule has 0 spiro atoms. The van der Waals surface area contributed by atoms with Gasteiger partial charge in [-0.3, -0.25) is 9.36 Å². The number of hydrogen-bond donors (Lipinski definition) is 1. The highest BCUT2D eigenvalue weighted by Gasteiger charge is 2.12. The van der Waals surface area contributed by atoms with Crippen molar-refractivity contribution < 1.29 is 9.84 Å². The van der Waals surface area contributed by atoms with Gasteiger partial charge in [0.15, 0.2) is 5.65 Å². The first kappa shape index (κ1) is 16.1. The van der Waals surface area contributed by atoms with Gasteiger partial charge >= 0.3 is 0 Å². The van der Waals surface area contributed by atoms with Gasteiger partial charge in [-0.2, -0.15) is 0 Å². The lowest BCUT2D eigenvalue weighted by Crippen LogP contribution is -2.30. The predicted molar refractivity (Wildman–Crippen MR) is 91.2 cm³/mol. The van der Waals surface area contributed by atoms with Crippen LogP contribution in [0.5, 0.6) is 5.75 Å². The van der Waals surface area contributed by atoms with Gasteiger partial charge in [0.05, 0.1) is 11.9 Å². The van der Waals surface area contributed by atoms with Crippen molar-refractivity contribution in [2.24, 2.45) is 0 Å². The monoisotopic (exact) mass is 325 g/mol. The number of rotatable bonds is 5. The van der Waals surface area contributed by atoms with E-state index in [-0.39, 0.29) is 18.7 Å². The molecule has 24 heavy (non-hydrogen) atoms. The summed E-state index contributed by atoms with van der Waals surface area (Å²) in [6.07, 6.45) is 2.17. The molecule has 6 nitrogen and oxygen atoms in total. The number of nitrogens with zero attached hydrogens (tertiary/aromatic N) is 3. The quantitative estimate of drug-likeness (QED) is 0.774. The van der Waals surface area contributed by atoms with E-state index in [2.05, 4.69) is 9.97 Å². The van der Waals surface area contributed by atoms with Gasteiger partial charge < -0.3 is 9.84 Å². The van der Waals surface area contributed by atoms with E-state index < -0.39 is 6.10 Å². The minimum Gasteiger partial charge on any atom is -0.490 e. The molecule has 0 unspecified atom stereocenters. The molecule has 0 fully saturated rings. The summed E-state index contributed by atoms with van der Waals surface area (Å²) in [6.45, 7) is 4.13. The van der Waals surface area contributed by atoms with Gasteiger partial charge in [-0.25, -0.2) is 9.97 Å². The number of para-hydroxylation sites is 1. The molecule has 6 heteroatoms. The van der Waals surface area contributed by atoms with Crippen molar-refractivity contribution in [3.63, 3.8) is 0 Å². The van der Waals surface area contributed by atoms with Gasteiger partial charge in [-0.15, -0.1) is 0 Å². The molecule has 3 rings (SSSR count). The summed E-state index contributed by atoms with van der Waals surface area (Å²) in [4.78, 5) is 20.6. The predicted octanol–water partition coefficient (Wildman–Crippen LogP) is 1.85. The molecule has 2 heterocycles. The van der Waals surface area contributed by atoms with E-state index in [0.29, 0.717) is 11.0 Å². The Balaban J connectivity index is 1.72. The highest BCUT2D eigenvalue weighted by Crippen LogP contribution is 2.22. The van der Waals surface area contributed by atoms with Crippen LogP contribution in [0, 0.1) is 13.8 Å². The summed E-state index contributed by atoms with van der Waals surface area (Å²) in [5.41, 5.74) is 2.20. The number of aromatic nitrogens is 3. The van der Waals surface area contributed by atoms with Gasteiger partial charge in [0, 0.05) is 6.20 Å². The summed E-state index contributed by atoms with van der Waals surface area (Å²) in [7, 11) is 0. The Labute approximate surface area is 139 Å². The first-order valence-electron chi connectivity index (χ1n) is 7.73. The zero-order chi connectivity index (χ0) is 17.1. The lowest BCUT2D eigenvalue weighted by atomic mass is 10.1. The number of aliphatic hydroxyl groups is 1. The standard InChI is InChI=1S/C18H19N3O3/c1-12-5-3-6-13(2)16(12)24-10-14(22)9-21-11-20-17-15(18(21)23)7-4-8-19-17/h3-8,11,14,22H,9-10H2,1-2H3/t14-/m1/s1. The summed E-state index contributed by atoms with van der Waals surface area (Å²) in [5, 5.41) is 10.6. The molecule has 0 aliphatic carbocycles. The second-order valence-electron chi connectivity index (χ2n) is 5.76. The van der Waals surface area contributed by atoms with Crippen molar-refractivity contribution in [1.29, 1.82) is 0 Å². The van der Waals surface area contributed by atoms with Crippen molar-refractivity contribution >= 4 is 11.0 Å². The maximum Gasteiger partial charge on any atom is 0.262 e. The smallest absolute Gasteiger partial charge is 0.262 e. The first-order chi connectivity index (χ1) is 11.6. The number of ether oxygens (including phenoxy) is 1. The van der Waals surface area contributed by atoms with Gasteiger partial charge in [0.25, 0.3) is 5.56 Å². The summed E-state index contributed by atoms with van der Waals surface area (Å²) in [5.74, 6) is 0.768. The zero-order valence-electron chi connectivity index (χ0n) is 13.6. The van der Waals surface area contributed by atoms with Crippen molar-refractivity contribution in [3.05, 3.63) is 64.3 Å². The van der Waals surface area contributed by atoms with Gasteiger partial charge in [-0.1, -0.05) is 18.2 Å². The van der Waals surface area contributed by atoms with Crippen LogP contribution in [0.15, 0.2) is 47.7 Å².